The topological polar surface area (TPSA) is 79.2 Å². The first-order valence-electron chi connectivity index (χ1n) is 5.51. The van der Waals surface area contributed by atoms with E-state index >= 15 is 0 Å². The monoisotopic (exact) mass is 299 g/mol. The molecule has 2 heterocycles. The van der Waals surface area contributed by atoms with Crippen LogP contribution in [0.2, 0.25) is 0 Å². The summed E-state index contributed by atoms with van der Waals surface area (Å²) in [5.41, 5.74) is 6.07. The third-order valence-electron chi connectivity index (χ3n) is 2.85. The highest BCUT2D eigenvalue weighted by atomic mass is 79.9. The maximum absolute atomic E-state index is 12.1. The van der Waals surface area contributed by atoms with E-state index in [-0.39, 0.29) is 17.5 Å². The van der Waals surface area contributed by atoms with Crippen LogP contribution in [-0.4, -0.2) is 34.9 Å². The number of amides is 1. The molecule has 1 fully saturated rings. The van der Waals surface area contributed by atoms with Gasteiger partial charge in [-0.3, -0.25) is 9.59 Å². The number of hydrogen-bond acceptors (Lipinski definition) is 3. The van der Waals surface area contributed by atoms with Crippen LogP contribution in [-0.2, 0) is 0 Å². The molecular weight excluding hydrogens is 286 g/mol. The van der Waals surface area contributed by atoms with Gasteiger partial charge in [-0.2, -0.15) is 0 Å². The lowest BCUT2D eigenvalue weighted by Crippen LogP contribution is -2.45. The van der Waals surface area contributed by atoms with Gasteiger partial charge in [-0.25, -0.2) is 0 Å². The smallest absolute Gasteiger partial charge is 0.262 e. The Morgan fingerprint density at radius 1 is 1.59 bits per heavy atom. The molecule has 0 bridgehead atoms. The molecule has 17 heavy (non-hydrogen) atoms. The quantitative estimate of drug-likeness (QED) is 0.801. The van der Waals surface area contributed by atoms with Crippen molar-refractivity contribution in [3.05, 3.63) is 32.7 Å². The van der Waals surface area contributed by atoms with E-state index in [4.69, 9.17) is 5.73 Å². The average molecular weight is 300 g/mol. The molecule has 3 N–H and O–H groups in total. The van der Waals surface area contributed by atoms with Gasteiger partial charge >= 0.3 is 0 Å². The maximum Gasteiger partial charge on any atom is 0.262 e. The molecule has 0 unspecified atom stereocenters. The molecule has 0 spiro atoms. The molecule has 0 aromatic carbocycles. The predicted octanol–water partition coefficient (Wildman–Crippen LogP) is 0.701. The number of halogens is 1. The van der Waals surface area contributed by atoms with E-state index < -0.39 is 0 Å². The number of nitrogens with one attached hydrogen (secondary N) is 1. The van der Waals surface area contributed by atoms with Crippen molar-refractivity contribution < 1.29 is 4.79 Å². The standard InChI is InChI=1S/C11H14BrN3O2/c12-9-4-7(5-14-10(9)16)11(17)15-3-1-2-8(13)6-15/h4-5,8H,1-3,6,13H2,(H,14,16)/t8-/m0/s1. The van der Waals surface area contributed by atoms with Crippen molar-refractivity contribution in [3.63, 3.8) is 0 Å². The summed E-state index contributed by atoms with van der Waals surface area (Å²) in [5, 5.41) is 0. The van der Waals surface area contributed by atoms with E-state index in [0.717, 1.165) is 19.4 Å². The highest BCUT2D eigenvalue weighted by Crippen LogP contribution is 2.13. The first-order chi connectivity index (χ1) is 8.08. The van der Waals surface area contributed by atoms with Gasteiger partial charge in [-0.05, 0) is 34.8 Å². The van der Waals surface area contributed by atoms with E-state index in [1.165, 1.54) is 6.20 Å². The lowest BCUT2D eigenvalue weighted by Gasteiger charge is -2.30. The number of carbonyl (C=O) groups excluding carboxylic acids is 1. The van der Waals surface area contributed by atoms with Crippen molar-refractivity contribution in [1.82, 2.24) is 9.88 Å². The fourth-order valence-electron chi connectivity index (χ4n) is 1.96. The van der Waals surface area contributed by atoms with E-state index in [9.17, 15) is 9.59 Å². The van der Waals surface area contributed by atoms with Crippen LogP contribution < -0.4 is 11.3 Å². The second-order valence-electron chi connectivity index (χ2n) is 4.22. The SMILES string of the molecule is N[C@H]1CCCN(C(=O)c2c[nH]c(=O)c(Br)c2)C1. The average Bonchev–Trinajstić information content (AvgIpc) is 2.32. The summed E-state index contributed by atoms with van der Waals surface area (Å²) in [5.74, 6) is -0.0860. The Labute approximate surface area is 107 Å². The molecule has 0 aliphatic carbocycles. The third-order valence-corrected chi connectivity index (χ3v) is 3.44. The van der Waals surface area contributed by atoms with Gasteiger partial charge in [0.2, 0.25) is 0 Å². The van der Waals surface area contributed by atoms with E-state index in [1.807, 2.05) is 0 Å². The van der Waals surface area contributed by atoms with E-state index in [0.29, 0.717) is 16.6 Å². The van der Waals surface area contributed by atoms with Gasteiger partial charge in [-0.1, -0.05) is 0 Å². The van der Waals surface area contributed by atoms with Crippen LogP contribution in [0, 0.1) is 0 Å². The second kappa shape index (κ2) is 5.01. The number of nitrogens with two attached hydrogens (primary N) is 1. The second-order valence-corrected chi connectivity index (χ2v) is 5.07. The van der Waals surface area contributed by atoms with Gasteiger partial charge in [0.05, 0.1) is 10.0 Å². The number of aromatic amines is 1. The Kier molecular flexibility index (Phi) is 3.63. The first-order valence-corrected chi connectivity index (χ1v) is 6.30. The molecule has 92 valence electrons. The Morgan fingerprint density at radius 3 is 3.00 bits per heavy atom. The Bertz CT molecular complexity index is 486. The Hall–Kier alpha value is -1.14. The largest absolute Gasteiger partial charge is 0.337 e. The third kappa shape index (κ3) is 2.76. The fraction of sp³-hybridized carbons (Fsp3) is 0.455. The predicted molar refractivity (Wildman–Crippen MR) is 67.9 cm³/mol. The van der Waals surface area contributed by atoms with Crippen molar-refractivity contribution in [3.8, 4) is 0 Å². The molecule has 1 amide bonds. The molecule has 5 nitrogen and oxygen atoms in total. The van der Waals surface area contributed by atoms with Crippen molar-refractivity contribution in [2.45, 2.75) is 18.9 Å². The highest BCUT2D eigenvalue weighted by Gasteiger charge is 2.22. The van der Waals surface area contributed by atoms with Gasteiger partial charge in [0.15, 0.2) is 0 Å². The molecule has 1 aliphatic rings. The number of aromatic nitrogens is 1. The van der Waals surface area contributed by atoms with Crippen LogP contribution in [0.5, 0.6) is 0 Å². The van der Waals surface area contributed by atoms with Gasteiger partial charge < -0.3 is 15.6 Å². The van der Waals surface area contributed by atoms with Crippen molar-refractivity contribution in [2.75, 3.05) is 13.1 Å². The van der Waals surface area contributed by atoms with Crippen LogP contribution in [0.4, 0.5) is 0 Å². The number of H-pyrrole nitrogens is 1. The lowest BCUT2D eigenvalue weighted by molar-refractivity contribution is 0.0708. The van der Waals surface area contributed by atoms with Crippen LogP contribution in [0.3, 0.4) is 0 Å². The van der Waals surface area contributed by atoms with E-state index in [2.05, 4.69) is 20.9 Å². The number of hydrogen-bond donors (Lipinski definition) is 2. The number of pyridine rings is 1. The summed E-state index contributed by atoms with van der Waals surface area (Å²) in [6.07, 6.45) is 3.33. The zero-order chi connectivity index (χ0) is 12.4. The Balaban J connectivity index is 2.18. The fourth-order valence-corrected chi connectivity index (χ4v) is 2.32. The number of piperidine rings is 1. The van der Waals surface area contributed by atoms with Crippen LogP contribution >= 0.6 is 15.9 Å². The summed E-state index contributed by atoms with van der Waals surface area (Å²) in [6.45, 7) is 1.30. The summed E-state index contributed by atoms with van der Waals surface area (Å²) >= 11 is 3.11. The molecule has 0 saturated carbocycles. The number of rotatable bonds is 1. The molecule has 1 aromatic heterocycles. The normalized spacial score (nSPS) is 20.4. The molecule has 1 aliphatic heterocycles. The minimum absolute atomic E-state index is 0.0545. The minimum Gasteiger partial charge on any atom is -0.337 e. The van der Waals surface area contributed by atoms with Crippen molar-refractivity contribution >= 4 is 21.8 Å². The van der Waals surface area contributed by atoms with E-state index in [1.54, 1.807) is 11.0 Å². The van der Waals surface area contributed by atoms with Crippen LogP contribution in [0.15, 0.2) is 21.5 Å². The van der Waals surface area contributed by atoms with Gasteiger partial charge in [-0.15, -0.1) is 0 Å². The zero-order valence-corrected chi connectivity index (χ0v) is 10.9. The van der Waals surface area contributed by atoms with Crippen LogP contribution in [0.25, 0.3) is 0 Å². The molecule has 1 atom stereocenters. The minimum atomic E-state index is -0.239. The molecule has 1 saturated heterocycles. The summed E-state index contributed by atoms with van der Waals surface area (Å²) < 4.78 is 0.365. The van der Waals surface area contributed by atoms with Gasteiger partial charge in [0.1, 0.15) is 0 Å². The Morgan fingerprint density at radius 2 is 2.35 bits per heavy atom. The lowest BCUT2D eigenvalue weighted by atomic mass is 10.1. The number of likely N-dealkylation sites (tertiary alicyclic amines) is 1. The van der Waals surface area contributed by atoms with Gasteiger partial charge in [0.25, 0.3) is 11.5 Å². The highest BCUT2D eigenvalue weighted by molar-refractivity contribution is 9.10. The van der Waals surface area contributed by atoms with Crippen molar-refractivity contribution in [2.24, 2.45) is 5.73 Å². The zero-order valence-electron chi connectivity index (χ0n) is 9.28. The molecular formula is C11H14BrN3O2. The number of nitrogens with zero attached hydrogens (tertiary/aromatic N) is 1. The summed E-state index contributed by atoms with van der Waals surface area (Å²) in [6, 6.07) is 1.60. The summed E-state index contributed by atoms with van der Waals surface area (Å²) in [4.78, 5) is 27.6. The molecule has 1 aromatic rings. The molecule has 2 rings (SSSR count). The number of carbonyl (C=O) groups is 1. The first kappa shape index (κ1) is 12.3. The molecule has 6 heteroatoms. The van der Waals surface area contributed by atoms with Crippen molar-refractivity contribution in [1.29, 1.82) is 0 Å². The van der Waals surface area contributed by atoms with Crippen LogP contribution in [0.1, 0.15) is 23.2 Å². The molecule has 0 radical (unpaired) electrons. The van der Waals surface area contributed by atoms with Gasteiger partial charge in [0, 0.05) is 25.3 Å². The maximum atomic E-state index is 12.1. The summed E-state index contributed by atoms with van der Waals surface area (Å²) in [7, 11) is 0.